The van der Waals surface area contributed by atoms with Crippen LogP contribution in [-0.4, -0.2) is 45.8 Å². The number of Topliss-reactive ketones (excluding diaryl/α,β-unsaturated/α-hetero) is 1. The maximum atomic E-state index is 12.5. The van der Waals surface area contributed by atoms with Crippen LogP contribution in [0.15, 0.2) is 0 Å². The first-order chi connectivity index (χ1) is 11.4. The average Bonchev–Trinajstić information content (AvgIpc) is 2.79. The summed E-state index contributed by atoms with van der Waals surface area (Å²) in [4.78, 5) is 37.6. The summed E-state index contributed by atoms with van der Waals surface area (Å²) in [6.07, 6.45) is 5.58. The van der Waals surface area contributed by atoms with Gasteiger partial charge in [0.25, 0.3) is 0 Å². The van der Waals surface area contributed by atoms with Gasteiger partial charge in [-0.1, -0.05) is 0 Å². The van der Waals surface area contributed by atoms with Crippen molar-refractivity contribution in [3.63, 3.8) is 0 Å². The zero-order valence-corrected chi connectivity index (χ0v) is 15.5. The molecule has 1 aliphatic carbocycles. The van der Waals surface area contributed by atoms with Crippen molar-refractivity contribution in [3.05, 3.63) is 0 Å². The first-order valence-corrected chi connectivity index (χ1v) is 9.93. The minimum Gasteiger partial charge on any atom is -0.310 e. The normalized spacial score (nSPS) is 27.6. The first kappa shape index (κ1) is 19.2. The van der Waals surface area contributed by atoms with Gasteiger partial charge in [0, 0.05) is 24.6 Å². The lowest BCUT2D eigenvalue weighted by atomic mass is 9.80. The maximum Gasteiger partial charge on any atom is 0.242 e. The van der Waals surface area contributed by atoms with Gasteiger partial charge < -0.3 is 5.41 Å². The van der Waals surface area contributed by atoms with E-state index in [2.05, 4.69) is 0 Å². The molecule has 0 bridgehead atoms. The summed E-state index contributed by atoms with van der Waals surface area (Å²) < 4.78 is 0. The molecule has 1 saturated carbocycles. The van der Waals surface area contributed by atoms with E-state index in [1.54, 1.807) is 25.6 Å². The smallest absolute Gasteiger partial charge is 0.242 e. The number of carbonyl (C=O) groups is 3. The largest absolute Gasteiger partial charge is 0.310 e. The molecule has 0 aromatic heterocycles. The SMILES string of the molecule is CC(=N)CCCSC1CC(=O)N(CC2CCC(C(C)=O)CC2)C1=O. The number of amides is 2. The molecule has 2 amide bonds. The van der Waals surface area contributed by atoms with E-state index in [-0.39, 0.29) is 28.8 Å². The minimum atomic E-state index is -0.239. The number of imide groups is 1. The Morgan fingerprint density at radius 1 is 1.21 bits per heavy atom. The monoisotopic (exact) mass is 352 g/mol. The second-order valence-corrected chi connectivity index (χ2v) is 8.43. The summed E-state index contributed by atoms with van der Waals surface area (Å²) >= 11 is 1.55. The first-order valence-electron chi connectivity index (χ1n) is 8.88. The molecule has 0 aromatic carbocycles. The molecule has 1 aliphatic heterocycles. The van der Waals surface area contributed by atoms with E-state index in [4.69, 9.17) is 5.41 Å². The van der Waals surface area contributed by atoms with Crippen LogP contribution in [0.2, 0.25) is 0 Å². The van der Waals surface area contributed by atoms with E-state index >= 15 is 0 Å². The van der Waals surface area contributed by atoms with Gasteiger partial charge in [-0.25, -0.2) is 0 Å². The fourth-order valence-corrected chi connectivity index (χ4v) is 4.67. The molecule has 0 spiro atoms. The highest BCUT2D eigenvalue weighted by Gasteiger charge is 2.40. The Labute approximate surface area is 148 Å². The highest BCUT2D eigenvalue weighted by molar-refractivity contribution is 8.00. The second kappa shape index (κ2) is 8.79. The minimum absolute atomic E-state index is 0.0368. The van der Waals surface area contributed by atoms with E-state index in [0.29, 0.717) is 24.6 Å². The molecule has 1 unspecified atom stereocenters. The molecular formula is C18H28N2O3S. The fraction of sp³-hybridized carbons (Fsp3) is 0.778. The number of ketones is 1. The Morgan fingerprint density at radius 2 is 1.88 bits per heavy atom. The Balaban J connectivity index is 1.77. The van der Waals surface area contributed by atoms with E-state index in [9.17, 15) is 14.4 Å². The summed E-state index contributed by atoms with van der Waals surface area (Å²) in [5.74, 6) is 1.51. The molecule has 1 N–H and O–H groups in total. The summed E-state index contributed by atoms with van der Waals surface area (Å²) in [5, 5.41) is 7.17. The van der Waals surface area contributed by atoms with Crippen LogP contribution >= 0.6 is 11.8 Å². The maximum absolute atomic E-state index is 12.5. The number of hydrogen-bond acceptors (Lipinski definition) is 5. The van der Waals surface area contributed by atoms with Gasteiger partial charge in [0.2, 0.25) is 11.8 Å². The summed E-state index contributed by atoms with van der Waals surface area (Å²) in [5.41, 5.74) is 0.659. The van der Waals surface area contributed by atoms with Gasteiger partial charge in [-0.15, -0.1) is 11.8 Å². The Hall–Kier alpha value is -1.17. The quantitative estimate of drug-likeness (QED) is 0.414. The molecule has 134 valence electrons. The van der Waals surface area contributed by atoms with E-state index in [0.717, 1.165) is 44.3 Å². The number of likely N-dealkylation sites (tertiary alicyclic amines) is 1. The number of nitrogens with zero attached hydrogens (tertiary/aromatic N) is 1. The van der Waals surface area contributed by atoms with Gasteiger partial charge in [0.1, 0.15) is 5.78 Å². The molecule has 1 atom stereocenters. The van der Waals surface area contributed by atoms with Crippen LogP contribution in [0, 0.1) is 17.2 Å². The van der Waals surface area contributed by atoms with Crippen LogP contribution in [0.1, 0.15) is 58.8 Å². The predicted octanol–water partition coefficient (Wildman–Crippen LogP) is 3.06. The van der Waals surface area contributed by atoms with Crippen LogP contribution < -0.4 is 0 Å². The van der Waals surface area contributed by atoms with Crippen molar-refractivity contribution in [3.8, 4) is 0 Å². The van der Waals surface area contributed by atoms with Crippen LogP contribution in [-0.2, 0) is 14.4 Å². The van der Waals surface area contributed by atoms with Crippen molar-refractivity contribution in [2.24, 2.45) is 11.8 Å². The van der Waals surface area contributed by atoms with Gasteiger partial charge in [0.15, 0.2) is 0 Å². The highest BCUT2D eigenvalue weighted by Crippen LogP contribution is 2.32. The number of rotatable bonds is 8. The van der Waals surface area contributed by atoms with Gasteiger partial charge in [-0.3, -0.25) is 19.3 Å². The van der Waals surface area contributed by atoms with Crippen molar-refractivity contribution in [1.82, 2.24) is 4.90 Å². The Kier molecular flexibility index (Phi) is 7.02. The van der Waals surface area contributed by atoms with Crippen molar-refractivity contribution >= 4 is 35.1 Å². The van der Waals surface area contributed by atoms with Gasteiger partial charge >= 0.3 is 0 Å². The number of thioether (sulfide) groups is 1. The van der Waals surface area contributed by atoms with Crippen molar-refractivity contribution in [2.75, 3.05) is 12.3 Å². The molecule has 2 fully saturated rings. The van der Waals surface area contributed by atoms with Gasteiger partial charge in [-0.2, -0.15) is 0 Å². The lowest BCUT2D eigenvalue weighted by Gasteiger charge is -2.29. The standard InChI is InChI=1S/C18H28N2O3S/c1-12(19)4-3-9-24-16-10-17(22)20(18(16)23)11-14-5-7-15(8-6-14)13(2)21/h14-16,19H,3-11H2,1-2H3. The Bertz CT molecular complexity index is 512. The molecule has 1 heterocycles. The lowest BCUT2D eigenvalue weighted by Crippen LogP contribution is -2.37. The molecule has 6 heteroatoms. The number of nitrogens with one attached hydrogen (secondary N) is 1. The topological polar surface area (TPSA) is 78.3 Å². The van der Waals surface area contributed by atoms with Crippen molar-refractivity contribution in [1.29, 1.82) is 5.41 Å². The Morgan fingerprint density at radius 3 is 2.46 bits per heavy atom. The summed E-state index contributed by atoms with van der Waals surface area (Å²) in [7, 11) is 0. The lowest BCUT2D eigenvalue weighted by molar-refractivity contribution is -0.139. The zero-order valence-electron chi connectivity index (χ0n) is 14.7. The molecule has 0 aromatic rings. The van der Waals surface area contributed by atoms with E-state index in [1.165, 1.54) is 4.90 Å². The molecule has 5 nitrogen and oxygen atoms in total. The van der Waals surface area contributed by atoms with Crippen LogP contribution in [0.25, 0.3) is 0 Å². The predicted molar refractivity (Wildman–Crippen MR) is 96.3 cm³/mol. The molecule has 1 saturated heterocycles. The third-order valence-corrected chi connectivity index (χ3v) is 6.38. The van der Waals surface area contributed by atoms with Crippen molar-refractivity contribution in [2.45, 2.75) is 64.0 Å². The third-order valence-electron chi connectivity index (χ3n) is 5.08. The van der Waals surface area contributed by atoms with Gasteiger partial charge in [-0.05, 0) is 64.0 Å². The highest BCUT2D eigenvalue weighted by atomic mass is 32.2. The van der Waals surface area contributed by atoms with Crippen LogP contribution in [0.5, 0.6) is 0 Å². The van der Waals surface area contributed by atoms with E-state index < -0.39 is 0 Å². The molecule has 24 heavy (non-hydrogen) atoms. The third kappa shape index (κ3) is 5.16. The van der Waals surface area contributed by atoms with Crippen molar-refractivity contribution < 1.29 is 14.4 Å². The molecular weight excluding hydrogens is 324 g/mol. The molecule has 0 radical (unpaired) electrons. The van der Waals surface area contributed by atoms with E-state index in [1.807, 2.05) is 0 Å². The zero-order chi connectivity index (χ0) is 17.7. The average molecular weight is 353 g/mol. The summed E-state index contributed by atoms with van der Waals surface area (Å²) in [6.45, 7) is 3.97. The fourth-order valence-electron chi connectivity index (χ4n) is 3.55. The second-order valence-electron chi connectivity index (χ2n) is 7.12. The summed E-state index contributed by atoms with van der Waals surface area (Å²) in [6, 6.07) is 0. The van der Waals surface area contributed by atoms with Gasteiger partial charge in [0.05, 0.1) is 5.25 Å². The number of carbonyl (C=O) groups excluding carboxylic acids is 3. The molecule has 2 aliphatic rings. The molecule has 2 rings (SSSR count). The number of hydrogen-bond donors (Lipinski definition) is 1. The van der Waals surface area contributed by atoms with Crippen LogP contribution in [0.4, 0.5) is 0 Å². The van der Waals surface area contributed by atoms with Crippen LogP contribution in [0.3, 0.4) is 0 Å².